The number of carbonyl (C=O) groups excluding carboxylic acids is 2. The summed E-state index contributed by atoms with van der Waals surface area (Å²) in [6, 6.07) is 3.21. The fourth-order valence-electron chi connectivity index (χ4n) is 3.83. The number of hydrogen-bond donors (Lipinski definition) is 0. The quantitative estimate of drug-likeness (QED) is 0.836. The highest BCUT2D eigenvalue weighted by Crippen LogP contribution is 2.29. The van der Waals surface area contributed by atoms with Crippen LogP contribution in [-0.2, 0) is 11.3 Å². The Morgan fingerprint density at radius 1 is 1.21 bits per heavy atom. The summed E-state index contributed by atoms with van der Waals surface area (Å²) < 4.78 is 1.56. The van der Waals surface area contributed by atoms with Gasteiger partial charge in [-0.15, -0.1) is 0 Å². The predicted octanol–water partition coefficient (Wildman–Crippen LogP) is 1.34. The molecule has 3 fully saturated rings. The van der Waals surface area contributed by atoms with Crippen LogP contribution in [0.25, 0.3) is 0 Å². The Labute approximate surface area is 142 Å². The number of pyridine rings is 1. The molecule has 0 saturated carbocycles. The van der Waals surface area contributed by atoms with E-state index in [1.54, 1.807) is 21.7 Å². The van der Waals surface area contributed by atoms with Crippen LogP contribution in [0.1, 0.15) is 43.5 Å². The molecule has 0 unspecified atom stereocenters. The largest absolute Gasteiger partial charge is 0.338 e. The second-order valence-electron chi connectivity index (χ2n) is 6.71. The van der Waals surface area contributed by atoms with E-state index in [1.165, 1.54) is 6.07 Å². The summed E-state index contributed by atoms with van der Waals surface area (Å²) in [5.41, 5.74) is 0.255. The SMILES string of the molecule is CCCN1C(=O)[C@@H]2CC[C@H]1CN(C(=O)c1ccn(CC)c(=O)c1)C2. The monoisotopic (exact) mass is 331 g/mol. The van der Waals surface area contributed by atoms with Crippen LogP contribution in [-0.4, -0.2) is 51.9 Å². The molecule has 0 radical (unpaired) electrons. The van der Waals surface area contributed by atoms with E-state index >= 15 is 0 Å². The van der Waals surface area contributed by atoms with Crippen LogP contribution in [0.3, 0.4) is 0 Å². The molecule has 0 spiro atoms. The number of hydrogen-bond acceptors (Lipinski definition) is 3. The van der Waals surface area contributed by atoms with Crippen LogP contribution in [0.2, 0.25) is 0 Å². The van der Waals surface area contributed by atoms with Gasteiger partial charge in [0.2, 0.25) is 5.91 Å². The molecule has 0 aromatic carbocycles. The molecule has 1 aromatic heterocycles. The van der Waals surface area contributed by atoms with Gasteiger partial charge >= 0.3 is 0 Å². The van der Waals surface area contributed by atoms with Gasteiger partial charge in [-0.3, -0.25) is 14.4 Å². The van der Waals surface area contributed by atoms with E-state index in [4.69, 9.17) is 0 Å². The van der Waals surface area contributed by atoms with E-state index in [2.05, 4.69) is 6.92 Å². The first-order valence-corrected chi connectivity index (χ1v) is 8.85. The summed E-state index contributed by atoms with van der Waals surface area (Å²) in [7, 11) is 0. The molecule has 6 heteroatoms. The van der Waals surface area contributed by atoms with Crippen LogP contribution < -0.4 is 5.56 Å². The molecule has 4 heterocycles. The van der Waals surface area contributed by atoms with Gasteiger partial charge in [0.05, 0.1) is 5.92 Å². The van der Waals surface area contributed by atoms with Crippen LogP contribution in [0.5, 0.6) is 0 Å². The lowest BCUT2D eigenvalue weighted by atomic mass is 9.94. The number of amides is 2. The zero-order valence-corrected chi connectivity index (χ0v) is 14.4. The van der Waals surface area contributed by atoms with Crippen molar-refractivity contribution in [3.05, 3.63) is 34.2 Å². The van der Waals surface area contributed by atoms with Crippen molar-refractivity contribution in [3.63, 3.8) is 0 Å². The second-order valence-corrected chi connectivity index (χ2v) is 6.71. The van der Waals surface area contributed by atoms with Gasteiger partial charge in [0, 0.05) is 50.0 Å². The van der Waals surface area contributed by atoms with Crippen molar-refractivity contribution in [2.75, 3.05) is 19.6 Å². The minimum atomic E-state index is -0.162. The van der Waals surface area contributed by atoms with E-state index < -0.39 is 0 Å². The zero-order chi connectivity index (χ0) is 17.3. The third-order valence-corrected chi connectivity index (χ3v) is 5.13. The number of carbonyl (C=O) groups is 2. The average Bonchev–Trinajstić information content (AvgIpc) is 2.87. The van der Waals surface area contributed by atoms with Gasteiger partial charge in [-0.25, -0.2) is 0 Å². The minimum Gasteiger partial charge on any atom is -0.338 e. The second kappa shape index (κ2) is 6.79. The molecule has 0 N–H and O–H groups in total. The predicted molar refractivity (Wildman–Crippen MR) is 90.8 cm³/mol. The maximum Gasteiger partial charge on any atom is 0.254 e. The average molecular weight is 331 g/mol. The molecular formula is C18H25N3O3. The zero-order valence-electron chi connectivity index (χ0n) is 14.4. The van der Waals surface area contributed by atoms with Crippen molar-refractivity contribution in [1.29, 1.82) is 0 Å². The molecule has 3 aliphatic rings. The minimum absolute atomic E-state index is 0.102. The molecule has 2 atom stereocenters. The smallest absolute Gasteiger partial charge is 0.254 e. The first-order valence-electron chi connectivity index (χ1n) is 8.85. The van der Waals surface area contributed by atoms with Crippen molar-refractivity contribution in [2.24, 2.45) is 5.92 Å². The number of piperidine rings is 1. The van der Waals surface area contributed by atoms with Gasteiger partial charge in [-0.05, 0) is 32.3 Å². The number of nitrogens with zero attached hydrogens (tertiary/aromatic N) is 3. The van der Waals surface area contributed by atoms with E-state index in [9.17, 15) is 14.4 Å². The highest BCUT2D eigenvalue weighted by Gasteiger charge is 2.41. The van der Waals surface area contributed by atoms with Gasteiger partial charge in [0.15, 0.2) is 0 Å². The van der Waals surface area contributed by atoms with Crippen LogP contribution >= 0.6 is 0 Å². The fourth-order valence-corrected chi connectivity index (χ4v) is 3.83. The van der Waals surface area contributed by atoms with Gasteiger partial charge in [-0.2, -0.15) is 0 Å². The molecule has 6 nitrogen and oxygen atoms in total. The van der Waals surface area contributed by atoms with Crippen molar-refractivity contribution in [3.8, 4) is 0 Å². The summed E-state index contributed by atoms with van der Waals surface area (Å²) in [6.45, 7) is 6.33. The summed E-state index contributed by atoms with van der Waals surface area (Å²) >= 11 is 0. The number of rotatable bonds is 4. The lowest BCUT2D eigenvalue weighted by Gasteiger charge is -2.35. The Balaban J connectivity index is 1.83. The number of aryl methyl sites for hydroxylation is 1. The molecule has 3 aliphatic heterocycles. The first kappa shape index (κ1) is 16.7. The molecule has 130 valence electrons. The lowest BCUT2D eigenvalue weighted by molar-refractivity contribution is -0.139. The van der Waals surface area contributed by atoms with Gasteiger partial charge < -0.3 is 14.4 Å². The first-order chi connectivity index (χ1) is 11.5. The normalized spacial score (nSPS) is 23.5. The van der Waals surface area contributed by atoms with Crippen LogP contribution in [0, 0.1) is 5.92 Å². The van der Waals surface area contributed by atoms with Gasteiger partial charge in [-0.1, -0.05) is 6.92 Å². The molecule has 1 aromatic rings. The van der Waals surface area contributed by atoms with E-state index in [0.29, 0.717) is 25.2 Å². The Morgan fingerprint density at radius 3 is 2.67 bits per heavy atom. The summed E-state index contributed by atoms with van der Waals surface area (Å²) in [5.74, 6) is -0.0570. The fraction of sp³-hybridized carbons (Fsp3) is 0.611. The summed E-state index contributed by atoms with van der Waals surface area (Å²) in [6.07, 6.45) is 4.40. The van der Waals surface area contributed by atoms with Crippen molar-refractivity contribution in [2.45, 2.75) is 45.7 Å². The molecule has 3 saturated heterocycles. The Bertz CT molecular complexity index is 697. The highest BCUT2D eigenvalue weighted by atomic mass is 16.2. The lowest BCUT2D eigenvalue weighted by Crippen LogP contribution is -2.48. The molecule has 2 amide bonds. The topological polar surface area (TPSA) is 62.6 Å². The number of aromatic nitrogens is 1. The van der Waals surface area contributed by atoms with Crippen molar-refractivity contribution >= 4 is 11.8 Å². The Morgan fingerprint density at radius 2 is 2.00 bits per heavy atom. The van der Waals surface area contributed by atoms with E-state index in [-0.39, 0.29) is 29.3 Å². The molecule has 2 bridgehead atoms. The van der Waals surface area contributed by atoms with Crippen LogP contribution in [0.15, 0.2) is 23.1 Å². The Kier molecular flexibility index (Phi) is 4.73. The number of fused-ring (bicyclic) bond motifs is 4. The molecule has 24 heavy (non-hydrogen) atoms. The standard InChI is InChI=1S/C18H25N3O3/c1-3-8-21-15-6-5-14(18(21)24)11-20(12-15)17(23)13-7-9-19(4-2)16(22)10-13/h7,9-10,14-15H,3-6,8,11-12H2,1-2H3/t14-,15+/m1/s1. The molecule has 0 aliphatic carbocycles. The van der Waals surface area contributed by atoms with Gasteiger partial charge in [0.1, 0.15) is 0 Å². The van der Waals surface area contributed by atoms with Crippen LogP contribution in [0.4, 0.5) is 0 Å². The van der Waals surface area contributed by atoms with E-state index in [1.807, 2.05) is 11.8 Å². The highest BCUT2D eigenvalue weighted by molar-refractivity contribution is 5.95. The van der Waals surface area contributed by atoms with Crippen molar-refractivity contribution < 1.29 is 9.59 Å². The van der Waals surface area contributed by atoms with E-state index in [0.717, 1.165) is 25.8 Å². The maximum absolute atomic E-state index is 12.8. The molecular weight excluding hydrogens is 306 g/mol. The summed E-state index contributed by atoms with van der Waals surface area (Å²) in [4.78, 5) is 41.1. The Hall–Kier alpha value is -2.11. The maximum atomic E-state index is 12.8. The third kappa shape index (κ3) is 2.97. The summed E-state index contributed by atoms with van der Waals surface area (Å²) in [5, 5.41) is 0. The molecule has 4 rings (SSSR count). The van der Waals surface area contributed by atoms with Crippen molar-refractivity contribution in [1.82, 2.24) is 14.4 Å². The van der Waals surface area contributed by atoms with Gasteiger partial charge in [0.25, 0.3) is 11.5 Å². The third-order valence-electron chi connectivity index (χ3n) is 5.13.